The van der Waals surface area contributed by atoms with Gasteiger partial charge in [-0.15, -0.1) is 0 Å². The third-order valence-electron chi connectivity index (χ3n) is 12.1. The van der Waals surface area contributed by atoms with Crippen molar-refractivity contribution in [2.75, 3.05) is 4.90 Å². The SMILES string of the molecule is c1ccc(-c2ccc3c(ccc4cc(N(c5ccc(-c6cc7ccc8ccncc8c7cn6)cc5)c5ccc(-c6cc7ccc8ccncc8c7cn6)cc5)ccc43)c2)cc1. The molecule has 0 amide bonds. The van der Waals surface area contributed by atoms with Crippen LogP contribution in [0.25, 0.3) is 98.3 Å². The smallest absolute Gasteiger partial charge is 0.0708 e. The number of nitrogens with zero attached hydrogens (tertiary/aromatic N) is 5. The van der Waals surface area contributed by atoms with Crippen LogP contribution in [0.5, 0.6) is 0 Å². The van der Waals surface area contributed by atoms with Crippen LogP contribution in [0.1, 0.15) is 0 Å². The van der Waals surface area contributed by atoms with Crippen molar-refractivity contribution in [3.8, 4) is 33.6 Å². The molecule has 61 heavy (non-hydrogen) atoms. The Bertz CT molecular complexity index is 3480. The third-order valence-corrected chi connectivity index (χ3v) is 12.1. The zero-order valence-electron chi connectivity index (χ0n) is 32.9. The van der Waals surface area contributed by atoms with Gasteiger partial charge in [-0.2, -0.15) is 0 Å². The minimum Gasteiger partial charge on any atom is -0.310 e. The lowest BCUT2D eigenvalue weighted by atomic mass is 9.97. The summed E-state index contributed by atoms with van der Waals surface area (Å²) in [5.74, 6) is 0. The van der Waals surface area contributed by atoms with E-state index in [2.05, 4.69) is 179 Å². The molecule has 5 heteroatoms. The maximum absolute atomic E-state index is 4.92. The summed E-state index contributed by atoms with van der Waals surface area (Å²) in [4.78, 5) is 20.9. The summed E-state index contributed by atoms with van der Waals surface area (Å²) >= 11 is 0. The van der Waals surface area contributed by atoms with Gasteiger partial charge in [0.05, 0.1) is 11.4 Å². The van der Waals surface area contributed by atoms with Gasteiger partial charge in [0, 0.05) is 86.9 Å². The van der Waals surface area contributed by atoms with Crippen molar-refractivity contribution in [1.29, 1.82) is 0 Å². The van der Waals surface area contributed by atoms with Gasteiger partial charge >= 0.3 is 0 Å². The number of fused-ring (bicyclic) bond motifs is 9. The fraction of sp³-hybridized carbons (Fsp3) is 0. The Balaban J connectivity index is 0.934. The average molecular weight is 778 g/mol. The molecule has 0 saturated carbocycles. The number of anilines is 3. The lowest BCUT2D eigenvalue weighted by molar-refractivity contribution is 1.28. The Labute approximate surface area is 351 Å². The van der Waals surface area contributed by atoms with E-state index in [4.69, 9.17) is 9.97 Å². The Morgan fingerprint density at radius 2 is 0.721 bits per heavy atom. The van der Waals surface area contributed by atoms with Gasteiger partial charge < -0.3 is 4.90 Å². The molecule has 284 valence electrons. The highest BCUT2D eigenvalue weighted by atomic mass is 15.1. The van der Waals surface area contributed by atoms with Crippen molar-refractivity contribution in [3.05, 3.63) is 213 Å². The molecule has 0 aliphatic rings. The molecule has 5 nitrogen and oxygen atoms in total. The zero-order valence-corrected chi connectivity index (χ0v) is 32.9. The molecule has 0 atom stereocenters. The molecule has 0 spiro atoms. The van der Waals surface area contributed by atoms with E-state index in [-0.39, 0.29) is 0 Å². The number of rotatable bonds is 6. The number of hydrogen-bond donors (Lipinski definition) is 0. The molecule has 12 rings (SSSR count). The second-order valence-corrected chi connectivity index (χ2v) is 15.6. The van der Waals surface area contributed by atoms with Crippen molar-refractivity contribution in [2.24, 2.45) is 0 Å². The van der Waals surface area contributed by atoms with Gasteiger partial charge in [-0.3, -0.25) is 19.9 Å². The fourth-order valence-corrected chi connectivity index (χ4v) is 8.91. The second kappa shape index (κ2) is 14.2. The first kappa shape index (κ1) is 34.7. The van der Waals surface area contributed by atoms with Crippen LogP contribution in [0.15, 0.2) is 213 Å². The van der Waals surface area contributed by atoms with Gasteiger partial charge in [0.15, 0.2) is 0 Å². The largest absolute Gasteiger partial charge is 0.310 e. The maximum atomic E-state index is 4.92. The van der Waals surface area contributed by atoms with Crippen molar-refractivity contribution < 1.29 is 0 Å². The summed E-state index contributed by atoms with van der Waals surface area (Å²) in [6.45, 7) is 0. The van der Waals surface area contributed by atoms with Crippen molar-refractivity contribution >= 4 is 81.7 Å². The minimum absolute atomic E-state index is 0.929. The summed E-state index contributed by atoms with van der Waals surface area (Å²) in [6, 6.07) is 63.2. The van der Waals surface area contributed by atoms with Gasteiger partial charge in [0.1, 0.15) is 0 Å². The van der Waals surface area contributed by atoms with E-state index < -0.39 is 0 Å². The fourth-order valence-electron chi connectivity index (χ4n) is 8.91. The van der Waals surface area contributed by atoms with E-state index in [0.29, 0.717) is 0 Å². The van der Waals surface area contributed by atoms with E-state index >= 15 is 0 Å². The molecule has 4 heterocycles. The second-order valence-electron chi connectivity index (χ2n) is 15.6. The molecule has 8 aromatic carbocycles. The summed E-state index contributed by atoms with van der Waals surface area (Å²) in [5, 5.41) is 13.9. The topological polar surface area (TPSA) is 54.8 Å². The first-order chi connectivity index (χ1) is 30.2. The highest BCUT2D eigenvalue weighted by molar-refractivity contribution is 6.10. The van der Waals surface area contributed by atoms with Crippen LogP contribution in [-0.2, 0) is 0 Å². The molecule has 0 unspecified atom stereocenters. The normalized spacial score (nSPS) is 11.6. The number of benzene rings is 8. The van der Waals surface area contributed by atoms with Crippen LogP contribution in [0.3, 0.4) is 0 Å². The molecule has 0 N–H and O–H groups in total. The number of pyridine rings is 4. The molecular weight excluding hydrogens is 743 g/mol. The van der Waals surface area contributed by atoms with Crippen LogP contribution >= 0.6 is 0 Å². The predicted molar refractivity (Wildman–Crippen MR) is 254 cm³/mol. The molecular formula is C56H35N5. The first-order valence-electron chi connectivity index (χ1n) is 20.5. The predicted octanol–water partition coefficient (Wildman–Crippen LogP) is 14.7. The van der Waals surface area contributed by atoms with Crippen LogP contribution in [0, 0.1) is 0 Å². The van der Waals surface area contributed by atoms with Gasteiger partial charge in [0.25, 0.3) is 0 Å². The Morgan fingerprint density at radius 1 is 0.279 bits per heavy atom. The summed E-state index contributed by atoms with van der Waals surface area (Å²) in [6.07, 6.45) is 11.5. The van der Waals surface area contributed by atoms with E-state index in [9.17, 15) is 0 Å². The average Bonchev–Trinajstić information content (AvgIpc) is 3.34. The maximum Gasteiger partial charge on any atom is 0.0708 e. The van der Waals surface area contributed by atoms with E-state index in [0.717, 1.165) is 82.7 Å². The summed E-state index contributed by atoms with van der Waals surface area (Å²) < 4.78 is 0. The lowest BCUT2D eigenvalue weighted by Crippen LogP contribution is -2.10. The molecule has 0 fully saturated rings. The summed E-state index contributed by atoms with van der Waals surface area (Å²) in [7, 11) is 0. The molecule has 0 bridgehead atoms. The van der Waals surface area contributed by atoms with Crippen LogP contribution in [0.4, 0.5) is 17.1 Å². The third kappa shape index (κ3) is 6.10. The van der Waals surface area contributed by atoms with Gasteiger partial charge in [0.2, 0.25) is 0 Å². The highest BCUT2D eigenvalue weighted by Gasteiger charge is 2.16. The van der Waals surface area contributed by atoms with Crippen LogP contribution < -0.4 is 4.90 Å². The number of aromatic nitrogens is 4. The van der Waals surface area contributed by atoms with Crippen molar-refractivity contribution in [1.82, 2.24) is 19.9 Å². The minimum atomic E-state index is 0.929. The quantitative estimate of drug-likeness (QED) is 0.157. The van der Waals surface area contributed by atoms with Gasteiger partial charge in [-0.1, -0.05) is 109 Å². The molecule has 0 aliphatic heterocycles. The van der Waals surface area contributed by atoms with Crippen LogP contribution in [-0.4, -0.2) is 19.9 Å². The van der Waals surface area contributed by atoms with E-state index in [1.54, 1.807) is 0 Å². The van der Waals surface area contributed by atoms with E-state index in [1.807, 2.05) is 49.3 Å². The summed E-state index contributed by atoms with van der Waals surface area (Å²) in [5.41, 5.74) is 9.57. The molecule has 12 aromatic rings. The zero-order chi connectivity index (χ0) is 40.3. The molecule has 0 aliphatic carbocycles. The lowest BCUT2D eigenvalue weighted by Gasteiger charge is -2.26. The highest BCUT2D eigenvalue weighted by Crippen LogP contribution is 2.40. The van der Waals surface area contributed by atoms with Gasteiger partial charge in [-0.05, 0) is 121 Å². The molecule has 4 aromatic heterocycles. The Morgan fingerprint density at radius 3 is 1.28 bits per heavy atom. The Kier molecular flexibility index (Phi) is 8.10. The molecule has 0 radical (unpaired) electrons. The van der Waals surface area contributed by atoms with Crippen molar-refractivity contribution in [3.63, 3.8) is 0 Å². The molecule has 0 saturated heterocycles. The van der Waals surface area contributed by atoms with Crippen LogP contribution in [0.2, 0.25) is 0 Å². The van der Waals surface area contributed by atoms with E-state index in [1.165, 1.54) is 32.7 Å². The Hall–Kier alpha value is -8.28. The first-order valence-corrected chi connectivity index (χ1v) is 20.5. The van der Waals surface area contributed by atoms with Gasteiger partial charge in [-0.25, -0.2) is 0 Å². The standard InChI is InChI=1S/C56H35N5/c1-2-4-36(5-3-1)41-16-22-49-42(28-41)10-11-43-29-48(21-23-50(43)49)61(46-17-12-39(13-18-46)55-30-44-8-6-37-24-26-57-32-51(37)53(44)34-59-55)47-19-14-40(15-20-47)56-31-45-9-7-38-25-27-58-33-52(38)54(45)35-60-56/h1-35H. The van der Waals surface area contributed by atoms with Crippen molar-refractivity contribution in [2.45, 2.75) is 0 Å². The number of hydrogen-bond acceptors (Lipinski definition) is 5. The monoisotopic (exact) mass is 777 g/mol.